The van der Waals surface area contributed by atoms with Crippen molar-refractivity contribution in [3.63, 3.8) is 0 Å². The highest BCUT2D eigenvalue weighted by atomic mass is 28.4. The zero-order valence-electron chi connectivity index (χ0n) is 14.0. The van der Waals surface area contributed by atoms with Crippen LogP contribution in [0.25, 0.3) is 0 Å². The van der Waals surface area contributed by atoms with Crippen molar-refractivity contribution in [3.05, 3.63) is 11.8 Å². The third kappa shape index (κ3) is 3.35. The molecule has 1 fully saturated rings. The van der Waals surface area contributed by atoms with Gasteiger partial charge in [-0.2, -0.15) is 0 Å². The number of carbonyl (C=O) groups excluding carboxylic acids is 2. The van der Waals surface area contributed by atoms with Crippen molar-refractivity contribution in [2.45, 2.75) is 45.5 Å². The lowest BCUT2D eigenvalue weighted by molar-refractivity contribution is -0.145. The first kappa shape index (κ1) is 17.0. The molecule has 124 valence electrons. The number of carbonyl (C=O) groups is 2. The Balaban J connectivity index is 2.20. The summed E-state index contributed by atoms with van der Waals surface area (Å²) < 4.78 is 16.4. The van der Waals surface area contributed by atoms with E-state index in [1.54, 1.807) is 7.11 Å². The first-order valence-electron chi connectivity index (χ1n) is 7.58. The van der Waals surface area contributed by atoms with Crippen LogP contribution in [0.15, 0.2) is 11.8 Å². The summed E-state index contributed by atoms with van der Waals surface area (Å²) in [6.07, 6.45) is 2.18. The van der Waals surface area contributed by atoms with Gasteiger partial charge in [-0.15, -0.1) is 0 Å². The predicted molar refractivity (Wildman–Crippen MR) is 83.7 cm³/mol. The van der Waals surface area contributed by atoms with E-state index >= 15 is 0 Å². The third-order valence-corrected chi connectivity index (χ3v) is 4.92. The zero-order chi connectivity index (χ0) is 16.5. The average molecular weight is 327 g/mol. The number of rotatable bonds is 4. The van der Waals surface area contributed by atoms with E-state index in [4.69, 9.17) is 13.9 Å². The van der Waals surface area contributed by atoms with Crippen LogP contribution in [0.2, 0.25) is 19.6 Å². The average Bonchev–Trinajstić information content (AvgIpc) is 2.84. The van der Waals surface area contributed by atoms with Crippen LogP contribution in [0.1, 0.15) is 19.8 Å². The van der Waals surface area contributed by atoms with Gasteiger partial charge in [0.15, 0.2) is 0 Å². The topological polar surface area (TPSA) is 65.1 Å². The summed E-state index contributed by atoms with van der Waals surface area (Å²) in [5.41, 5.74) is -0.773. The molecule has 2 aliphatic rings. The lowest BCUT2D eigenvalue weighted by Crippen LogP contribution is -2.50. The van der Waals surface area contributed by atoms with Gasteiger partial charge in [0.1, 0.15) is 6.61 Å². The Morgan fingerprint density at radius 1 is 1.45 bits per heavy atom. The Labute approximate surface area is 132 Å². The van der Waals surface area contributed by atoms with Gasteiger partial charge >= 0.3 is 6.09 Å². The largest absolute Gasteiger partial charge is 0.547 e. The number of cyclic esters (lactones) is 1. The van der Waals surface area contributed by atoms with Crippen molar-refractivity contribution < 1.29 is 23.5 Å². The molecule has 0 aromatic heterocycles. The number of imide groups is 1. The molecular formula is C15H25NO5Si. The second kappa shape index (κ2) is 6.04. The molecule has 2 unspecified atom stereocenters. The molecule has 1 saturated heterocycles. The monoisotopic (exact) mass is 327 g/mol. The van der Waals surface area contributed by atoms with Gasteiger partial charge < -0.3 is 13.9 Å². The SMILES string of the molecule is COC1C=C(O[Si](C)(C)C)CCC1(C)C(=O)N1CCOC1=O. The molecule has 0 aromatic carbocycles. The van der Waals surface area contributed by atoms with Gasteiger partial charge in [-0.3, -0.25) is 4.79 Å². The van der Waals surface area contributed by atoms with Crippen LogP contribution in [-0.2, 0) is 18.7 Å². The number of hydrogen-bond donors (Lipinski definition) is 0. The van der Waals surface area contributed by atoms with Gasteiger partial charge in [-0.25, -0.2) is 9.69 Å². The molecule has 0 bridgehead atoms. The highest BCUT2D eigenvalue weighted by Crippen LogP contribution is 2.40. The van der Waals surface area contributed by atoms with E-state index in [-0.39, 0.29) is 12.5 Å². The normalized spacial score (nSPS) is 29.1. The third-order valence-electron chi connectivity index (χ3n) is 4.04. The summed E-state index contributed by atoms with van der Waals surface area (Å²) in [6.45, 7) is 8.78. The minimum absolute atomic E-state index is 0.231. The molecule has 2 amide bonds. The molecule has 7 heteroatoms. The highest BCUT2D eigenvalue weighted by Gasteiger charge is 2.48. The highest BCUT2D eigenvalue weighted by molar-refractivity contribution is 6.70. The maximum atomic E-state index is 12.8. The van der Waals surface area contributed by atoms with Gasteiger partial charge in [-0.1, -0.05) is 0 Å². The van der Waals surface area contributed by atoms with Crippen LogP contribution < -0.4 is 0 Å². The Morgan fingerprint density at radius 3 is 2.64 bits per heavy atom. The van der Waals surface area contributed by atoms with E-state index in [1.807, 2.05) is 13.0 Å². The van der Waals surface area contributed by atoms with Crippen molar-refractivity contribution in [1.29, 1.82) is 0 Å². The fourth-order valence-corrected chi connectivity index (χ4v) is 3.84. The summed E-state index contributed by atoms with van der Waals surface area (Å²) in [6, 6.07) is 0. The first-order chi connectivity index (χ1) is 10.2. The van der Waals surface area contributed by atoms with Gasteiger partial charge in [0.25, 0.3) is 0 Å². The lowest BCUT2D eigenvalue weighted by atomic mass is 9.74. The molecule has 2 rings (SSSR count). The minimum atomic E-state index is -1.69. The minimum Gasteiger partial charge on any atom is -0.547 e. The van der Waals surface area contributed by atoms with Crippen LogP contribution in [0, 0.1) is 5.41 Å². The van der Waals surface area contributed by atoms with Crippen molar-refractivity contribution in [1.82, 2.24) is 4.90 Å². The quantitative estimate of drug-likeness (QED) is 0.742. The van der Waals surface area contributed by atoms with Crippen LogP contribution in [-0.4, -0.2) is 51.6 Å². The maximum Gasteiger partial charge on any atom is 0.416 e. The second-order valence-corrected chi connectivity index (χ2v) is 11.4. The van der Waals surface area contributed by atoms with E-state index in [9.17, 15) is 9.59 Å². The first-order valence-corrected chi connectivity index (χ1v) is 11.0. The van der Waals surface area contributed by atoms with Crippen molar-refractivity contribution in [2.24, 2.45) is 5.41 Å². The number of allylic oxidation sites excluding steroid dienone is 1. The second-order valence-electron chi connectivity index (χ2n) is 6.99. The molecule has 22 heavy (non-hydrogen) atoms. The Kier molecular flexibility index (Phi) is 4.67. The van der Waals surface area contributed by atoms with Gasteiger partial charge in [0, 0.05) is 13.5 Å². The summed E-state index contributed by atoms with van der Waals surface area (Å²) in [4.78, 5) is 25.6. The number of ether oxygens (including phenoxy) is 2. The van der Waals surface area contributed by atoms with E-state index in [2.05, 4.69) is 19.6 Å². The van der Waals surface area contributed by atoms with E-state index in [0.29, 0.717) is 19.4 Å². The fourth-order valence-electron chi connectivity index (χ4n) is 2.88. The van der Waals surface area contributed by atoms with E-state index < -0.39 is 25.9 Å². The van der Waals surface area contributed by atoms with E-state index in [1.165, 1.54) is 4.90 Å². The Bertz CT molecular complexity index is 499. The van der Waals surface area contributed by atoms with Crippen molar-refractivity contribution in [3.8, 4) is 0 Å². The molecule has 6 nitrogen and oxygen atoms in total. The summed E-state index contributed by atoms with van der Waals surface area (Å²) in [7, 11) is -0.115. The zero-order valence-corrected chi connectivity index (χ0v) is 15.0. The smallest absolute Gasteiger partial charge is 0.416 e. The molecule has 0 aromatic rings. The van der Waals surface area contributed by atoms with E-state index in [0.717, 1.165) is 5.76 Å². The molecular weight excluding hydrogens is 302 g/mol. The Hall–Kier alpha value is -1.34. The maximum absolute atomic E-state index is 12.8. The Morgan fingerprint density at radius 2 is 2.14 bits per heavy atom. The molecule has 0 radical (unpaired) electrons. The molecule has 0 saturated carbocycles. The van der Waals surface area contributed by atoms with Gasteiger partial charge in [-0.05, 0) is 39.1 Å². The number of nitrogens with zero attached hydrogens (tertiary/aromatic N) is 1. The van der Waals surface area contributed by atoms with Crippen LogP contribution in [0.5, 0.6) is 0 Å². The summed E-state index contributed by atoms with van der Waals surface area (Å²) >= 11 is 0. The van der Waals surface area contributed by atoms with Gasteiger partial charge in [0.2, 0.25) is 14.2 Å². The molecule has 0 N–H and O–H groups in total. The fraction of sp³-hybridized carbons (Fsp3) is 0.733. The number of amides is 2. The van der Waals surface area contributed by atoms with Crippen LogP contribution in [0.4, 0.5) is 4.79 Å². The molecule has 2 atom stereocenters. The van der Waals surface area contributed by atoms with Crippen LogP contribution in [0.3, 0.4) is 0 Å². The molecule has 1 aliphatic heterocycles. The summed E-state index contributed by atoms with van der Waals surface area (Å²) in [5, 5.41) is 0. The number of methoxy groups -OCH3 is 1. The van der Waals surface area contributed by atoms with Crippen LogP contribution >= 0.6 is 0 Å². The standard InChI is InChI=1S/C15H25NO5Si/c1-15(13(17)16-8-9-20-14(16)18)7-6-11(10-12(15)19-2)21-22(3,4)5/h10,12H,6-9H2,1-5H3. The molecule has 1 aliphatic carbocycles. The van der Waals surface area contributed by atoms with Gasteiger partial charge in [0.05, 0.1) is 23.8 Å². The predicted octanol–water partition coefficient (Wildman–Crippen LogP) is 2.52. The van der Waals surface area contributed by atoms with Crippen molar-refractivity contribution >= 4 is 20.3 Å². The molecule has 0 spiro atoms. The molecule has 1 heterocycles. The lowest BCUT2D eigenvalue weighted by Gasteiger charge is -2.39. The number of hydrogen-bond acceptors (Lipinski definition) is 5. The van der Waals surface area contributed by atoms with Crippen molar-refractivity contribution in [2.75, 3.05) is 20.3 Å². The summed E-state index contributed by atoms with van der Waals surface area (Å²) in [5.74, 6) is 0.658.